The van der Waals surface area contributed by atoms with Crippen molar-refractivity contribution < 1.29 is 14.8 Å². The van der Waals surface area contributed by atoms with Crippen LogP contribution < -0.4 is 10.6 Å². The van der Waals surface area contributed by atoms with E-state index in [4.69, 9.17) is 23.2 Å². The van der Waals surface area contributed by atoms with E-state index in [-0.39, 0.29) is 35.4 Å². The summed E-state index contributed by atoms with van der Waals surface area (Å²) in [6.45, 7) is -0.0437. The Morgan fingerprint density at radius 1 is 1.26 bits per heavy atom. The molecule has 1 atom stereocenters. The molecule has 0 radical (unpaired) electrons. The van der Waals surface area contributed by atoms with Gasteiger partial charge >= 0.3 is 0 Å². The molecule has 3 rings (SSSR count). The third kappa shape index (κ3) is 4.68. The van der Waals surface area contributed by atoms with E-state index >= 15 is 0 Å². The van der Waals surface area contributed by atoms with Crippen LogP contribution in [0.15, 0.2) is 36.4 Å². The van der Waals surface area contributed by atoms with Crippen molar-refractivity contribution in [2.75, 3.05) is 11.9 Å². The number of hydrogen-bond donors (Lipinski definition) is 3. The van der Waals surface area contributed by atoms with E-state index in [2.05, 4.69) is 10.6 Å². The van der Waals surface area contributed by atoms with Crippen molar-refractivity contribution in [3.63, 3.8) is 0 Å². The van der Waals surface area contributed by atoms with E-state index in [1.165, 1.54) is 18.2 Å². The van der Waals surface area contributed by atoms with Gasteiger partial charge in [-0.3, -0.25) is 14.9 Å². The number of nitrogens with zero attached hydrogens (tertiary/aromatic N) is 1. The molecule has 2 aromatic carbocycles. The van der Waals surface area contributed by atoms with E-state index in [1.807, 2.05) is 0 Å². The third-order valence-corrected chi connectivity index (χ3v) is 4.85. The highest BCUT2D eigenvalue weighted by Gasteiger charge is 2.25. The summed E-state index contributed by atoms with van der Waals surface area (Å²) in [6.07, 6.45) is 0.787. The predicted molar refractivity (Wildman–Crippen MR) is 103 cm³/mol. The lowest BCUT2D eigenvalue weighted by atomic mass is 10.1. The maximum Gasteiger partial charge on any atom is 0.293 e. The maximum absolute atomic E-state index is 12.1. The Bertz CT molecular complexity index is 867. The van der Waals surface area contributed by atoms with Crippen LogP contribution in [-0.2, 0) is 0 Å². The normalized spacial score (nSPS) is 14.5. The van der Waals surface area contributed by atoms with Crippen LogP contribution in [0.25, 0.3) is 0 Å². The van der Waals surface area contributed by atoms with Crippen LogP contribution in [0.4, 0.5) is 11.4 Å². The van der Waals surface area contributed by atoms with Gasteiger partial charge in [-0.15, -0.1) is 0 Å². The number of hydrogen-bond acceptors (Lipinski definition) is 5. The fraction of sp³-hybridized carbons (Fsp3) is 0.278. The van der Waals surface area contributed by atoms with Crippen LogP contribution in [0.2, 0.25) is 10.0 Å². The summed E-state index contributed by atoms with van der Waals surface area (Å²) < 4.78 is 0. The number of aliphatic hydroxyl groups excluding tert-OH is 1. The SMILES string of the molecule is O=C(NC1CC1)c1ccc(NCC(O)c2c(Cl)cccc2Cl)c([N+](=O)[O-])c1. The number of benzene rings is 2. The molecule has 0 bridgehead atoms. The van der Waals surface area contributed by atoms with Gasteiger partial charge in [0.1, 0.15) is 5.69 Å². The summed E-state index contributed by atoms with van der Waals surface area (Å²) in [5, 5.41) is 28.0. The highest BCUT2D eigenvalue weighted by Crippen LogP contribution is 2.32. The molecule has 0 spiro atoms. The van der Waals surface area contributed by atoms with E-state index in [1.54, 1.807) is 18.2 Å². The average Bonchev–Trinajstić information content (AvgIpc) is 3.43. The number of nitro benzene ring substituents is 1. The minimum Gasteiger partial charge on any atom is -0.386 e. The number of carbonyl (C=O) groups excluding carboxylic acids is 1. The minimum atomic E-state index is -1.07. The van der Waals surface area contributed by atoms with Gasteiger partial charge < -0.3 is 15.7 Å². The molecule has 3 N–H and O–H groups in total. The van der Waals surface area contributed by atoms with Gasteiger partial charge in [-0.25, -0.2) is 0 Å². The minimum absolute atomic E-state index is 0.0437. The zero-order valence-electron chi connectivity index (χ0n) is 14.1. The third-order valence-electron chi connectivity index (χ3n) is 4.19. The van der Waals surface area contributed by atoms with Gasteiger partial charge in [0, 0.05) is 39.8 Å². The number of anilines is 1. The van der Waals surface area contributed by atoms with Crippen molar-refractivity contribution >= 4 is 40.5 Å². The first-order chi connectivity index (χ1) is 12.9. The van der Waals surface area contributed by atoms with E-state index in [0.29, 0.717) is 15.6 Å². The van der Waals surface area contributed by atoms with E-state index < -0.39 is 11.0 Å². The molecule has 1 fully saturated rings. The largest absolute Gasteiger partial charge is 0.386 e. The van der Waals surface area contributed by atoms with Crippen LogP contribution in [0.5, 0.6) is 0 Å². The van der Waals surface area contributed by atoms with Crippen molar-refractivity contribution in [2.45, 2.75) is 25.0 Å². The summed E-state index contributed by atoms with van der Waals surface area (Å²) in [4.78, 5) is 22.9. The first kappa shape index (κ1) is 19.4. The summed E-state index contributed by atoms with van der Waals surface area (Å²) in [6, 6.07) is 9.18. The molecule has 142 valence electrons. The monoisotopic (exact) mass is 409 g/mol. The number of carbonyl (C=O) groups is 1. The van der Waals surface area contributed by atoms with Gasteiger partial charge in [0.2, 0.25) is 0 Å². The van der Waals surface area contributed by atoms with Crippen molar-refractivity contribution in [1.82, 2.24) is 5.32 Å². The molecule has 0 heterocycles. The first-order valence-corrected chi connectivity index (χ1v) is 9.07. The van der Waals surface area contributed by atoms with Crippen molar-refractivity contribution in [3.05, 3.63) is 67.7 Å². The molecule has 0 saturated heterocycles. The maximum atomic E-state index is 12.1. The predicted octanol–water partition coefficient (Wildman–Crippen LogP) is 3.94. The second kappa shape index (κ2) is 8.12. The Morgan fingerprint density at radius 2 is 1.93 bits per heavy atom. The van der Waals surface area contributed by atoms with Gasteiger partial charge in [0.05, 0.1) is 11.0 Å². The van der Waals surface area contributed by atoms with Crippen LogP contribution >= 0.6 is 23.2 Å². The highest BCUT2D eigenvalue weighted by molar-refractivity contribution is 6.36. The summed E-state index contributed by atoms with van der Waals surface area (Å²) in [7, 11) is 0. The molecule has 1 aliphatic carbocycles. The van der Waals surface area contributed by atoms with Crippen LogP contribution in [0, 0.1) is 10.1 Å². The van der Waals surface area contributed by atoms with Crippen LogP contribution in [-0.4, -0.2) is 28.5 Å². The number of nitro groups is 1. The van der Waals surface area contributed by atoms with Crippen LogP contribution in [0.3, 0.4) is 0 Å². The summed E-state index contributed by atoms with van der Waals surface area (Å²) in [5.74, 6) is -0.338. The number of aliphatic hydroxyl groups is 1. The van der Waals surface area contributed by atoms with Gasteiger partial charge in [0.25, 0.3) is 11.6 Å². The number of amides is 1. The number of nitrogens with one attached hydrogen (secondary N) is 2. The smallest absolute Gasteiger partial charge is 0.293 e. The quantitative estimate of drug-likeness (QED) is 0.474. The Balaban J connectivity index is 1.75. The molecule has 9 heteroatoms. The second-order valence-electron chi connectivity index (χ2n) is 6.27. The molecule has 27 heavy (non-hydrogen) atoms. The number of rotatable bonds is 7. The lowest BCUT2D eigenvalue weighted by Gasteiger charge is -2.16. The van der Waals surface area contributed by atoms with Gasteiger partial charge in [-0.1, -0.05) is 29.3 Å². The summed E-state index contributed by atoms with van der Waals surface area (Å²) in [5.41, 5.74) is 0.492. The molecule has 1 unspecified atom stereocenters. The standard InChI is InChI=1S/C18H17Cl2N3O4/c19-12-2-1-3-13(20)17(12)16(24)9-21-14-7-4-10(8-15(14)23(26)27)18(25)22-11-5-6-11/h1-4,7-8,11,16,21,24H,5-6,9H2,(H,22,25). The molecule has 7 nitrogen and oxygen atoms in total. The van der Waals surface area contributed by atoms with E-state index in [9.17, 15) is 20.0 Å². The van der Waals surface area contributed by atoms with E-state index in [0.717, 1.165) is 12.8 Å². The fourth-order valence-corrected chi connectivity index (χ4v) is 3.26. The van der Waals surface area contributed by atoms with Crippen molar-refractivity contribution in [1.29, 1.82) is 0 Å². The average molecular weight is 410 g/mol. The lowest BCUT2D eigenvalue weighted by molar-refractivity contribution is -0.384. The van der Waals surface area contributed by atoms with Gasteiger partial charge in [-0.2, -0.15) is 0 Å². The molecule has 0 aliphatic heterocycles. The zero-order chi connectivity index (χ0) is 19.6. The molecule has 0 aromatic heterocycles. The molecular weight excluding hydrogens is 393 g/mol. The summed E-state index contributed by atoms with van der Waals surface area (Å²) >= 11 is 12.1. The Labute approximate surface area is 165 Å². The first-order valence-electron chi connectivity index (χ1n) is 8.32. The Hall–Kier alpha value is -2.35. The molecule has 1 aliphatic rings. The second-order valence-corrected chi connectivity index (χ2v) is 7.08. The molecule has 1 amide bonds. The molecule has 2 aromatic rings. The Kier molecular flexibility index (Phi) is 5.84. The lowest BCUT2D eigenvalue weighted by Crippen LogP contribution is -2.25. The Morgan fingerprint density at radius 3 is 2.52 bits per heavy atom. The fourth-order valence-electron chi connectivity index (χ4n) is 2.61. The zero-order valence-corrected chi connectivity index (χ0v) is 15.6. The topological polar surface area (TPSA) is 104 Å². The van der Waals surface area contributed by atoms with Crippen molar-refractivity contribution in [2.24, 2.45) is 0 Å². The molecular formula is C18H17Cl2N3O4. The van der Waals surface area contributed by atoms with Crippen molar-refractivity contribution in [3.8, 4) is 0 Å². The number of halogens is 2. The highest BCUT2D eigenvalue weighted by atomic mass is 35.5. The van der Waals surface area contributed by atoms with Crippen LogP contribution in [0.1, 0.15) is 34.9 Å². The van der Waals surface area contributed by atoms with Gasteiger partial charge in [0.15, 0.2) is 0 Å². The van der Waals surface area contributed by atoms with Gasteiger partial charge in [-0.05, 0) is 37.1 Å². The molecule has 1 saturated carbocycles.